The minimum Gasteiger partial charge on any atom is -0.379 e. The number of pyridine rings is 1. The standard InChI is InChI=1S/C15H22ClN3O2/c1-4-17-13-6-5-11(16)14(18-13)15(20)19-8-7-10(2)12(9-19)21-3/h5-6,10,12H,4,7-9H2,1-3H3,(H,17,18). The molecule has 1 fully saturated rings. The lowest BCUT2D eigenvalue weighted by molar-refractivity contribution is -0.00176. The van der Waals surface area contributed by atoms with Crippen molar-refractivity contribution in [2.24, 2.45) is 5.92 Å². The number of methoxy groups -OCH3 is 1. The van der Waals surface area contributed by atoms with Crippen molar-refractivity contribution in [3.8, 4) is 0 Å². The zero-order chi connectivity index (χ0) is 15.4. The fourth-order valence-electron chi connectivity index (χ4n) is 2.55. The Morgan fingerprint density at radius 1 is 1.57 bits per heavy atom. The van der Waals surface area contributed by atoms with Crippen LogP contribution in [-0.2, 0) is 4.74 Å². The molecular formula is C15H22ClN3O2. The van der Waals surface area contributed by atoms with Gasteiger partial charge in [0.2, 0.25) is 0 Å². The Labute approximate surface area is 130 Å². The van der Waals surface area contributed by atoms with Crippen LogP contribution in [0, 0.1) is 5.92 Å². The van der Waals surface area contributed by atoms with Crippen molar-refractivity contribution in [3.05, 3.63) is 22.8 Å². The van der Waals surface area contributed by atoms with Gasteiger partial charge in [0.1, 0.15) is 11.5 Å². The van der Waals surface area contributed by atoms with Crippen LogP contribution in [-0.4, -0.2) is 48.6 Å². The number of carbonyl (C=O) groups is 1. The smallest absolute Gasteiger partial charge is 0.274 e. The molecule has 0 aliphatic carbocycles. The molecule has 1 saturated heterocycles. The molecule has 116 valence electrons. The van der Waals surface area contributed by atoms with Crippen molar-refractivity contribution in [2.75, 3.05) is 32.1 Å². The van der Waals surface area contributed by atoms with Gasteiger partial charge in [-0.3, -0.25) is 4.79 Å². The number of amides is 1. The Hall–Kier alpha value is -1.33. The fraction of sp³-hybridized carbons (Fsp3) is 0.600. The minimum absolute atomic E-state index is 0.0680. The zero-order valence-corrected chi connectivity index (χ0v) is 13.5. The molecule has 1 aliphatic heterocycles. The third-order valence-corrected chi connectivity index (χ3v) is 4.19. The molecule has 6 heteroatoms. The van der Waals surface area contributed by atoms with Gasteiger partial charge in [-0.2, -0.15) is 0 Å². The summed E-state index contributed by atoms with van der Waals surface area (Å²) in [5, 5.41) is 3.48. The lowest BCUT2D eigenvalue weighted by atomic mass is 9.95. The van der Waals surface area contributed by atoms with Gasteiger partial charge in [0.05, 0.1) is 11.1 Å². The largest absolute Gasteiger partial charge is 0.379 e. The quantitative estimate of drug-likeness (QED) is 0.929. The molecule has 1 aromatic heterocycles. The Balaban J connectivity index is 2.17. The van der Waals surface area contributed by atoms with Crippen molar-refractivity contribution < 1.29 is 9.53 Å². The molecule has 1 aliphatic rings. The fourth-order valence-corrected chi connectivity index (χ4v) is 2.73. The number of aromatic nitrogens is 1. The highest BCUT2D eigenvalue weighted by atomic mass is 35.5. The second-order valence-corrected chi connectivity index (χ2v) is 5.76. The summed E-state index contributed by atoms with van der Waals surface area (Å²) in [6.45, 7) is 6.17. The molecule has 2 unspecified atom stereocenters. The van der Waals surface area contributed by atoms with E-state index >= 15 is 0 Å². The van der Waals surface area contributed by atoms with Crippen LogP contribution < -0.4 is 5.32 Å². The predicted octanol–water partition coefficient (Wildman–Crippen LogP) is 2.66. The van der Waals surface area contributed by atoms with E-state index in [9.17, 15) is 4.79 Å². The van der Waals surface area contributed by atoms with Crippen molar-refractivity contribution in [1.82, 2.24) is 9.88 Å². The van der Waals surface area contributed by atoms with Crippen LogP contribution in [0.5, 0.6) is 0 Å². The molecule has 2 rings (SSSR count). The molecule has 2 atom stereocenters. The molecular weight excluding hydrogens is 290 g/mol. The normalized spacial score (nSPS) is 22.2. The summed E-state index contributed by atoms with van der Waals surface area (Å²) in [5.41, 5.74) is 0.305. The number of hydrogen-bond acceptors (Lipinski definition) is 4. The molecule has 2 heterocycles. The maximum Gasteiger partial charge on any atom is 0.274 e. The van der Waals surface area contributed by atoms with Gasteiger partial charge < -0.3 is 15.0 Å². The van der Waals surface area contributed by atoms with Crippen LogP contribution in [0.3, 0.4) is 0 Å². The number of piperidine rings is 1. The van der Waals surface area contributed by atoms with E-state index in [-0.39, 0.29) is 12.0 Å². The first-order valence-corrected chi connectivity index (χ1v) is 7.67. The van der Waals surface area contributed by atoms with Crippen molar-refractivity contribution in [2.45, 2.75) is 26.4 Å². The first-order chi connectivity index (χ1) is 10.1. The molecule has 21 heavy (non-hydrogen) atoms. The van der Waals surface area contributed by atoms with Gasteiger partial charge in [0.25, 0.3) is 5.91 Å². The average Bonchev–Trinajstić information content (AvgIpc) is 2.49. The number of halogens is 1. The lowest BCUT2D eigenvalue weighted by Gasteiger charge is -2.36. The summed E-state index contributed by atoms with van der Waals surface area (Å²) >= 11 is 6.14. The summed E-state index contributed by atoms with van der Waals surface area (Å²) in [5.74, 6) is 0.989. The van der Waals surface area contributed by atoms with Crippen LogP contribution in [0.15, 0.2) is 12.1 Å². The Kier molecular flexibility index (Phi) is 5.42. The van der Waals surface area contributed by atoms with Crippen molar-refractivity contribution >= 4 is 23.3 Å². The van der Waals surface area contributed by atoms with E-state index in [1.807, 2.05) is 6.92 Å². The van der Waals surface area contributed by atoms with Crippen LogP contribution >= 0.6 is 11.6 Å². The molecule has 0 spiro atoms. The maximum absolute atomic E-state index is 12.6. The number of nitrogens with zero attached hydrogens (tertiary/aromatic N) is 2. The van der Waals surface area contributed by atoms with Gasteiger partial charge >= 0.3 is 0 Å². The number of ether oxygens (including phenoxy) is 1. The first kappa shape index (κ1) is 16.0. The highest BCUT2D eigenvalue weighted by Crippen LogP contribution is 2.23. The minimum atomic E-state index is -0.131. The van der Waals surface area contributed by atoms with Crippen LogP contribution in [0.4, 0.5) is 5.82 Å². The van der Waals surface area contributed by atoms with E-state index < -0.39 is 0 Å². The lowest BCUT2D eigenvalue weighted by Crippen LogP contribution is -2.46. The summed E-state index contributed by atoms with van der Waals surface area (Å²) in [7, 11) is 1.69. The summed E-state index contributed by atoms with van der Waals surface area (Å²) in [6.07, 6.45) is 0.993. The monoisotopic (exact) mass is 311 g/mol. The second kappa shape index (κ2) is 7.09. The van der Waals surface area contributed by atoms with Gasteiger partial charge in [0, 0.05) is 26.7 Å². The number of likely N-dealkylation sites (tertiary alicyclic amines) is 1. The van der Waals surface area contributed by atoms with E-state index in [1.165, 1.54) is 0 Å². The summed E-state index contributed by atoms with van der Waals surface area (Å²) < 4.78 is 5.45. The molecule has 0 saturated carbocycles. The number of hydrogen-bond donors (Lipinski definition) is 1. The number of rotatable bonds is 4. The molecule has 0 radical (unpaired) electrons. The Bertz CT molecular complexity index is 510. The third-order valence-electron chi connectivity index (χ3n) is 3.89. The van der Waals surface area contributed by atoms with Gasteiger partial charge in [0.15, 0.2) is 0 Å². The maximum atomic E-state index is 12.6. The average molecular weight is 312 g/mol. The predicted molar refractivity (Wildman–Crippen MR) is 83.9 cm³/mol. The van der Waals surface area contributed by atoms with Crippen LogP contribution in [0.1, 0.15) is 30.8 Å². The number of carbonyl (C=O) groups excluding carboxylic acids is 1. The molecule has 1 amide bonds. The van der Waals surface area contributed by atoms with E-state index in [0.29, 0.717) is 35.5 Å². The second-order valence-electron chi connectivity index (χ2n) is 5.35. The van der Waals surface area contributed by atoms with Gasteiger partial charge in [-0.25, -0.2) is 4.98 Å². The summed E-state index contributed by atoms with van der Waals surface area (Å²) in [6, 6.07) is 3.49. The first-order valence-electron chi connectivity index (χ1n) is 7.29. The highest BCUT2D eigenvalue weighted by molar-refractivity contribution is 6.33. The van der Waals surface area contributed by atoms with E-state index in [1.54, 1.807) is 24.1 Å². The zero-order valence-electron chi connectivity index (χ0n) is 12.7. The number of anilines is 1. The van der Waals surface area contributed by atoms with Crippen molar-refractivity contribution in [3.63, 3.8) is 0 Å². The van der Waals surface area contributed by atoms with Gasteiger partial charge in [-0.1, -0.05) is 18.5 Å². The van der Waals surface area contributed by atoms with Gasteiger partial charge in [-0.15, -0.1) is 0 Å². The topological polar surface area (TPSA) is 54.5 Å². The molecule has 0 bridgehead atoms. The SMILES string of the molecule is CCNc1ccc(Cl)c(C(=O)N2CCC(C)C(OC)C2)n1. The highest BCUT2D eigenvalue weighted by Gasteiger charge is 2.30. The third kappa shape index (κ3) is 3.66. The van der Waals surface area contributed by atoms with Crippen LogP contribution in [0.25, 0.3) is 0 Å². The van der Waals surface area contributed by atoms with Gasteiger partial charge in [-0.05, 0) is 31.4 Å². The molecule has 1 N–H and O–H groups in total. The Morgan fingerprint density at radius 3 is 3.00 bits per heavy atom. The Morgan fingerprint density at radius 2 is 2.33 bits per heavy atom. The molecule has 1 aromatic rings. The number of nitrogens with one attached hydrogen (secondary N) is 1. The van der Waals surface area contributed by atoms with Crippen molar-refractivity contribution in [1.29, 1.82) is 0 Å². The summed E-state index contributed by atoms with van der Waals surface area (Å²) in [4.78, 5) is 18.7. The van der Waals surface area contributed by atoms with E-state index in [4.69, 9.17) is 16.3 Å². The van der Waals surface area contributed by atoms with E-state index in [0.717, 1.165) is 13.0 Å². The van der Waals surface area contributed by atoms with Crippen LogP contribution in [0.2, 0.25) is 5.02 Å². The van der Waals surface area contributed by atoms with E-state index in [2.05, 4.69) is 17.2 Å². The molecule has 5 nitrogen and oxygen atoms in total. The molecule has 0 aromatic carbocycles.